The molecule has 0 spiro atoms. The Hall–Kier alpha value is -2.44. The van der Waals surface area contributed by atoms with Crippen molar-refractivity contribution < 1.29 is 13.9 Å². The van der Waals surface area contributed by atoms with Crippen LogP contribution in [0.15, 0.2) is 48.5 Å². The summed E-state index contributed by atoms with van der Waals surface area (Å²) in [7, 11) is 3.77. The third-order valence-electron chi connectivity index (χ3n) is 5.04. The van der Waals surface area contributed by atoms with Gasteiger partial charge in [0, 0.05) is 38.3 Å². The van der Waals surface area contributed by atoms with Crippen LogP contribution in [0.5, 0.6) is 5.75 Å². The Kier molecular flexibility index (Phi) is 6.42. The predicted molar refractivity (Wildman–Crippen MR) is 104 cm³/mol. The number of hydrogen-bond acceptors (Lipinski definition) is 4. The number of methoxy groups -OCH3 is 1. The molecule has 1 N–H and O–H groups in total. The molecule has 144 valence electrons. The number of hydrogen-bond donors (Lipinski definition) is 1. The van der Waals surface area contributed by atoms with E-state index in [4.69, 9.17) is 4.74 Å². The molecular weight excluding hydrogens is 345 g/mol. The highest BCUT2D eigenvalue weighted by molar-refractivity contribution is 5.94. The minimum Gasteiger partial charge on any atom is -0.497 e. The van der Waals surface area contributed by atoms with Gasteiger partial charge < -0.3 is 15.0 Å². The van der Waals surface area contributed by atoms with E-state index in [-0.39, 0.29) is 17.8 Å². The SMILES string of the molecule is COc1ccc([C@H](CNC(=O)c2ccc(F)cc2)N2CCN(C)CC2)cc1. The molecule has 5 nitrogen and oxygen atoms in total. The maximum Gasteiger partial charge on any atom is 0.251 e. The average molecular weight is 371 g/mol. The van der Waals surface area contributed by atoms with Crippen molar-refractivity contribution in [2.45, 2.75) is 6.04 Å². The van der Waals surface area contributed by atoms with Crippen LogP contribution in [0.1, 0.15) is 22.0 Å². The number of nitrogens with zero attached hydrogens (tertiary/aromatic N) is 2. The first-order valence-corrected chi connectivity index (χ1v) is 9.17. The van der Waals surface area contributed by atoms with E-state index in [2.05, 4.69) is 22.2 Å². The van der Waals surface area contributed by atoms with Gasteiger partial charge in [-0.2, -0.15) is 0 Å². The van der Waals surface area contributed by atoms with E-state index in [1.807, 2.05) is 24.3 Å². The zero-order chi connectivity index (χ0) is 19.2. The van der Waals surface area contributed by atoms with E-state index < -0.39 is 0 Å². The molecule has 3 rings (SSSR count). The van der Waals surface area contributed by atoms with E-state index in [1.54, 1.807) is 7.11 Å². The van der Waals surface area contributed by atoms with Crippen LogP contribution in [0, 0.1) is 5.82 Å². The molecule has 1 atom stereocenters. The third kappa shape index (κ3) is 5.05. The van der Waals surface area contributed by atoms with E-state index in [1.165, 1.54) is 24.3 Å². The molecule has 1 aliphatic rings. The van der Waals surface area contributed by atoms with Crippen LogP contribution in [-0.4, -0.2) is 62.6 Å². The summed E-state index contributed by atoms with van der Waals surface area (Å²) < 4.78 is 18.3. The van der Waals surface area contributed by atoms with Crippen LogP contribution in [0.3, 0.4) is 0 Å². The van der Waals surface area contributed by atoms with Crippen LogP contribution in [0.2, 0.25) is 0 Å². The molecule has 0 radical (unpaired) electrons. The number of carbonyl (C=O) groups is 1. The van der Waals surface area contributed by atoms with Crippen molar-refractivity contribution in [3.63, 3.8) is 0 Å². The highest BCUT2D eigenvalue weighted by Gasteiger charge is 2.24. The lowest BCUT2D eigenvalue weighted by Gasteiger charge is -2.38. The summed E-state index contributed by atoms with van der Waals surface area (Å²) in [5.41, 5.74) is 1.60. The molecule has 1 fully saturated rings. The Morgan fingerprint density at radius 2 is 1.70 bits per heavy atom. The second-order valence-electron chi connectivity index (χ2n) is 6.85. The molecule has 6 heteroatoms. The van der Waals surface area contributed by atoms with Gasteiger partial charge in [-0.25, -0.2) is 4.39 Å². The van der Waals surface area contributed by atoms with Gasteiger partial charge in [0.2, 0.25) is 0 Å². The van der Waals surface area contributed by atoms with Gasteiger partial charge in [-0.3, -0.25) is 9.69 Å². The van der Waals surface area contributed by atoms with Gasteiger partial charge >= 0.3 is 0 Å². The highest BCUT2D eigenvalue weighted by Crippen LogP contribution is 2.24. The Balaban J connectivity index is 1.72. The van der Waals surface area contributed by atoms with Gasteiger partial charge in [0.05, 0.1) is 13.2 Å². The monoisotopic (exact) mass is 371 g/mol. The van der Waals surface area contributed by atoms with Crippen LogP contribution < -0.4 is 10.1 Å². The number of amides is 1. The second-order valence-corrected chi connectivity index (χ2v) is 6.85. The maximum absolute atomic E-state index is 13.1. The molecule has 1 saturated heterocycles. The van der Waals surface area contributed by atoms with Crippen LogP contribution in [0.4, 0.5) is 4.39 Å². The zero-order valence-corrected chi connectivity index (χ0v) is 15.8. The summed E-state index contributed by atoms with van der Waals surface area (Å²) in [6, 6.07) is 13.7. The molecule has 2 aromatic rings. The van der Waals surface area contributed by atoms with Crippen molar-refractivity contribution in [3.05, 3.63) is 65.5 Å². The molecule has 0 bridgehead atoms. The fourth-order valence-corrected chi connectivity index (χ4v) is 3.31. The summed E-state index contributed by atoms with van der Waals surface area (Å²) in [5, 5.41) is 3.01. The molecule has 27 heavy (non-hydrogen) atoms. The van der Waals surface area contributed by atoms with Crippen molar-refractivity contribution in [2.75, 3.05) is 46.9 Å². The summed E-state index contributed by atoms with van der Waals surface area (Å²) >= 11 is 0. The lowest BCUT2D eigenvalue weighted by Crippen LogP contribution is -2.48. The van der Waals surface area contributed by atoms with Gasteiger partial charge in [-0.15, -0.1) is 0 Å². The van der Waals surface area contributed by atoms with Crippen molar-refractivity contribution in [2.24, 2.45) is 0 Å². The van der Waals surface area contributed by atoms with Gasteiger partial charge in [-0.05, 0) is 49.0 Å². The fourth-order valence-electron chi connectivity index (χ4n) is 3.31. The lowest BCUT2D eigenvalue weighted by molar-refractivity contribution is 0.0886. The number of carbonyl (C=O) groups excluding carboxylic acids is 1. The zero-order valence-electron chi connectivity index (χ0n) is 15.8. The maximum atomic E-state index is 13.1. The van der Waals surface area contributed by atoms with Crippen LogP contribution >= 0.6 is 0 Å². The molecule has 1 heterocycles. The number of nitrogens with one attached hydrogen (secondary N) is 1. The quantitative estimate of drug-likeness (QED) is 0.848. The molecule has 0 aromatic heterocycles. The molecule has 2 aromatic carbocycles. The van der Waals surface area contributed by atoms with Gasteiger partial charge in [0.15, 0.2) is 0 Å². The Bertz CT molecular complexity index is 741. The standard InChI is InChI=1S/C21H26FN3O2/c1-24-11-13-25(14-12-24)20(16-5-9-19(27-2)10-6-16)15-23-21(26)17-3-7-18(22)8-4-17/h3-10,20H,11-15H2,1-2H3,(H,23,26)/t20-/m0/s1. The van der Waals surface area contributed by atoms with Gasteiger partial charge in [-0.1, -0.05) is 12.1 Å². The van der Waals surface area contributed by atoms with Crippen molar-refractivity contribution in [1.29, 1.82) is 0 Å². The van der Waals surface area contributed by atoms with Gasteiger partial charge in [0.1, 0.15) is 11.6 Å². The minimum absolute atomic E-state index is 0.0778. The molecular formula is C21H26FN3O2. The first-order chi connectivity index (χ1) is 13.1. The Morgan fingerprint density at radius 3 is 2.30 bits per heavy atom. The van der Waals surface area contributed by atoms with Crippen LogP contribution in [-0.2, 0) is 0 Å². The molecule has 0 aliphatic carbocycles. The third-order valence-corrected chi connectivity index (χ3v) is 5.04. The summed E-state index contributed by atoms with van der Waals surface area (Å²) in [4.78, 5) is 17.1. The van der Waals surface area contributed by atoms with E-state index in [9.17, 15) is 9.18 Å². The first kappa shape index (κ1) is 19.3. The Morgan fingerprint density at radius 1 is 1.07 bits per heavy atom. The number of likely N-dealkylation sites (N-methyl/N-ethyl adjacent to an activating group) is 1. The Labute approximate surface area is 159 Å². The van der Waals surface area contributed by atoms with Crippen molar-refractivity contribution in [1.82, 2.24) is 15.1 Å². The lowest BCUT2D eigenvalue weighted by atomic mass is 10.0. The summed E-state index contributed by atoms with van der Waals surface area (Å²) in [6.45, 7) is 4.38. The average Bonchev–Trinajstić information content (AvgIpc) is 2.70. The number of rotatable bonds is 6. The minimum atomic E-state index is -0.347. The number of ether oxygens (including phenoxy) is 1. The van der Waals surface area contributed by atoms with Crippen LogP contribution in [0.25, 0.3) is 0 Å². The van der Waals surface area contributed by atoms with E-state index >= 15 is 0 Å². The highest BCUT2D eigenvalue weighted by atomic mass is 19.1. The van der Waals surface area contributed by atoms with E-state index in [0.717, 1.165) is 37.5 Å². The molecule has 0 unspecified atom stereocenters. The van der Waals surface area contributed by atoms with Crippen molar-refractivity contribution >= 4 is 5.91 Å². The number of piperazine rings is 1. The van der Waals surface area contributed by atoms with Crippen molar-refractivity contribution in [3.8, 4) is 5.75 Å². The molecule has 1 amide bonds. The fraction of sp³-hybridized carbons (Fsp3) is 0.381. The predicted octanol–water partition coefficient (Wildman–Crippen LogP) is 2.55. The normalized spacial score (nSPS) is 16.7. The second kappa shape index (κ2) is 8.97. The van der Waals surface area contributed by atoms with Gasteiger partial charge in [0.25, 0.3) is 5.91 Å². The molecule has 1 aliphatic heterocycles. The number of benzene rings is 2. The first-order valence-electron chi connectivity index (χ1n) is 9.17. The molecule has 0 saturated carbocycles. The number of halogens is 1. The smallest absolute Gasteiger partial charge is 0.251 e. The largest absolute Gasteiger partial charge is 0.497 e. The summed E-state index contributed by atoms with van der Waals surface area (Å²) in [5.74, 6) is 0.272. The summed E-state index contributed by atoms with van der Waals surface area (Å²) in [6.07, 6.45) is 0. The topological polar surface area (TPSA) is 44.8 Å². The van der Waals surface area contributed by atoms with E-state index in [0.29, 0.717) is 12.1 Å².